The number of amides is 2. The summed E-state index contributed by atoms with van der Waals surface area (Å²) in [6, 6.07) is 11.3. The Kier molecular flexibility index (Phi) is 5.91. The summed E-state index contributed by atoms with van der Waals surface area (Å²) in [4.78, 5) is 29.0. The maximum atomic E-state index is 12.5. The molecule has 1 aromatic carbocycles. The van der Waals surface area contributed by atoms with Crippen LogP contribution in [0.15, 0.2) is 47.1 Å². The highest BCUT2D eigenvalue weighted by atomic mass is 79.9. The quantitative estimate of drug-likeness (QED) is 0.585. The summed E-state index contributed by atoms with van der Waals surface area (Å²) in [6.07, 6.45) is 2.73. The molecule has 27 heavy (non-hydrogen) atoms. The zero-order valence-corrected chi connectivity index (χ0v) is 16.8. The second-order valence-corrected chi connectivity index (χ2v) is 7.26. The van der Waals surface area contributed by atoms with E-state index in [4.69, 9.17) is 0 Å². The molecule has 0 fully saturated rings. The number of nitrogens with one attached hydrogen (secondary N) is 2. The van der Waals surface area contributed by atoms with E-state index in [1.165, 1.54) is 0 Å². The number of nitrogens with zero attached hydrogens (tertiary/aromatic N) is 2. The van der Waals surface area contributed by atoms with Crippen molar-refractivity contribution < 1.29 is 9.59 Å². The van der Waals surface area contributed by atoms with Crippen molar-refractivity contribution >= 4 is 39.1 Å². The fourth-order valence-electron chi connectivity index (χ4n) is 2.88. The molecular formula is C20H21BrN4O2. The third kappa shape index (κ3) is 4.54. The van der Waals surface area contributed by atoms with E-state index in [1.807, 2.05) is 56.4 Å². The van der Waals surface area contributed by atoms with Gasteiger partial charge in [0.2, 0.25) is 5.91 Å². The minimum Gasteiger partial charge on any atom is -0.351 e. The monoisotopic (exact) mass is 428 g/mol. The number of rotatable bonds is 6. The summed E-state index contributed by atoms with van der Waals surface area (Å²) in [5, 5.41) is 5.72. The Morgan fingerprint density at radius 2 is 1.89 bits per heavy atom. The molecule has 2 aromatic heterocycles. The van der Waals surface area contributed by atoms with Gasteiger partial charge in [-0.1, -0.05) is 22.0 Å². The molecular weight excluding hydrogens is 408 g/mol. The van der Waals surface area contributed by atoms with E-state index >= 15 is 0 Å². The molecule has 3 aromatic rings. The molecule has 7 heteroatoms. The van der Waals surface area contributed by atoms with Gasteiger partial charge in [0.1, 0.15) is 11.3 Å². The van der Waals surface area contributed by atoms with E-state index in [0.717, 1.165) is 21.4 Å². The highest BCUT2D eigenvalue weighted by Gasteiger charge is 2.17. The normalized spacial score (nSPS) is 10.8. The van der Waals surface area contributed by atoms with Crippen LogP contribution in [0.25, 0.3) is 5.65 Å². The van der Waals surface area contributed by atoms with Gasteiger partial charge < -0.3 is 10.6 Å². The molecule has 0 bridgehead atoms. The molecule has 0 aliphatic rings. The Bertz CT molecular complexity index is 980. The van der Waals surface area contributed by atoms with Gasteiger partial charge in [0.15, 0.2) is 0 Å². The first-order chi connectivity index (χ1) is 13.0. The molecule has 2 amide bonds. The van der Waals surface area contributed by atoms with Crippen molar-refractivity contribution in [1.29, 1.82) is 0 Å². The number of imidazole rings is 1. The Labute approximate surface area is 166 Å². The van der Waals surface area contributed by atoms with Crippen LogP contribution >= 0.6 is 15.9 Å². The molecule has 3 rings (SSSR count). The van der Waals surface area contributed by atoms with Gasteiger partial charge in [0.05, 0.1) is 5.69 Å². The van der Waals surface area contributed by atoms with Gasteiger partial charge in [0.25, 0.3) is 5.91 Å². The van der Waals surface area contributed by atoms with Crippen molar-refractivity contribution in [2.75, 3.05) is 11.9 Å². The van der Waals surface area contributed by atoms with Crippen LogP contribution in [0.4, 0.5) is 5.69 Å². The lowest BCUT2D eigenvalue weighted by Crippen LogP contribution is -2.27. The Hall–Kier alpha value is -2.67. The first-order valence-corrected chi connectivity index (χ1v) is 9.53. The number of hydrogen-bond acceptors (Lipinski definition) is 3. The van der Waals surface area contributed by atoms with Gasteiger partial charge in [-0.2, -0.15) is 0 Å². The Morgan fingerprint density at radius 1 is 1.15 bits per heavy atom. The molecule has 0 saturated carbocycles. The fraction of sp³-hybridized carbons (Fsp3) is 0.250. The maximum absolute atomic E-state index is 12.5. The molecule has 0 radical (unpaired) electrons. The van der Waals surface area contributed by atoms with E-state index in [-0.39, 0.29) is 11.8 Å². The maximum Gasteiger partial charge on any atom is 0.270 e. The summed E-state index contributed by atoms with van der Waals surface area (Å²) in [7, 11) is 0. The lowest BCUT2D eigenvalue weighted by Gasteiger charge is -2.07. The molecule has 0 spiro atoms. The predicted molar refractivity (Wildman–Crippen MR) is 109 cm³/mol. The Morgan fingerprint density at radius 3 is 2.63 bits per heavy atom. The first-order valence-electron chi connectivity index (χ1n) is 8.73. The topological polar surface area (TPSA) is 75.5 Å². The van der Waals surface area contributed by atoms with E-state index in [0.29, 0.717) is 30.8 Å². The average Bonchev–Trinajstić information content (AvgIpc) is 2.98. The van der Waals surface area contributed by atoms with Crippen LogP contribution in [-0.2, 0) is 4.79 Å². The van der Waals surface area contributed by atoms with Crippen LogP contribution in [0.5, 0.6) is 0 Å². The van der Waals surface area contributed by atoms with Crippen molar-refractivity contribution in [2.24, 2.45) is 0 Å². The molecule has 2 heterocycles. The zero-order valence-electron chi connectivity index (χ0n) is 15.3. The van der Waals surface area contributed by atoms with E-state index in [2.05, 4.69) is 31.5 Å². The molecule has 0 unspecified atom stereocenters. The van der Waals surface area contributed by atoms with E-state index in [9.17, 15) is 9.59 Å². The van der Waals surface area contributed by atoms with Crippen LogP contribution in [0.2, 0.25) is 0 Å². The summed E-state index contributed by atoms with van der Waals surface area (Å²) < 4.78 is 2.77. The van der Waals surface area contributed by atoms with Gasteiger partial charge in [-0.25, -0.2) is 4.98 Å². The molecule has 0 saturated heterocycles. The number of hydrogen-bond donors (Lipinski definition) is 2. The molecule has 6 nitrogen and oxygen atoms in total. The molecule has 2 N–H and O–H groups in total. The number of aromatic nitrogens is 2. The summed E-state index contributed by atoms with van der Waals surface area (Å²) in [5.74, 6) is -0.257. The fourth-order valence-corrected chi connectivity index (χ4v) is 3.15. The van der Waals surface area contributed by atoms with Gasteiger partial charge in [-0.05, 0) is 56.2 Å². The number of carbonyl (C=O) groups excluding carboxylic acids is 2. The number of benzene rings is 1. The summed E-state index contributed by atoms with van der Waals surface area (Å²) in [5.41, 5.74) is 3.78. The first kappa shape index (κ1) is 19.1. The van der Waals surface area contributed by atoms with Crippen LogP contribution in [0.3, 0.4) is 0 Å². The molecule has 0 aliphatic carbocycles. The van der Waals surface area contributed by atoms with Crippen LogP contribution in [0.1, 0.15) is 34.6 Å². The van der Waals surface area contributed by atoms with Crippen molar-refractivity contribution in [3.63, 3.8) is 0 Å². The third-order valence-corrected chi connectivity index (χ3v) is 4.76. The number of aryl methyl sites for hydroxylation is 2. The smallest absolute Gasteiger partial charge is 0.270 e. The minimum atomic E-state index is -0.182. The number of halogens is 1. The Balaban J connectivity index is 1.51. The number of pyridine rings is 1. The summed E-state index contributed by atoms with van der Waals surface area (Å²) >= 11 is 3.36. The van der Waals surface area contributed by atoms with E-state index < -0.39 is 0 Å². The average molecular weight is 429 g/mol. The molecule has 0 aliphatic heterocycles. The second kappa shape index (κ2) is 8.35. The lowest BCUT2D eigenvalue weighted by molar-refractivity contribution is -0.116. The van der Waals surface area contributed by atoms with Gasteiger partial charge in [0, 0.05) is 29.3 Å². The van der Waals surface area contributed by atoms with Crippen LogP contribution in [0, 0.1) is 13.8 Å². The van der Waals surface area contributed by atoms with Gasteiger partial charge in [-0.3, -0.25) is 14.0 Å². The highest BCUT2D eigenvalue weighted by Crippen LogP contribution is 2.16. The van der Waals surface area contributed by atoms with Crippen molar-refractivity contribution in [3.8, 4) is 0 Å². The highest BCUT2D eigenvalue weighted by molar-refractivity contribution is 9.10. The summed E-state index contributed by atoms with van der Waals surface area (Å²) in [6.45, 7) is 4.21. The molecule has 0 atom stereocenters. The van der Waals surface area contributed by atoms with Crippen LogP contribution in [-0.4, -0.2) is 27.7 Å². The van der Waals surface area contributed by atoms with E-state index in [1.54, 1.807) is 4.40 Å². The number of anilines is 1. The standard InChI is InChI=1S/C20H21BrN4O2/c1-13-5-4-12-25-18(14(2)23-19(13)25)20(27)22-11-3-6-17(26)24-16-9-7-15(21)8-10-16/h4-5,7-10,12H,3,6,11H2,1-2H3,(H,22,27)(H,24,26). The third-order valence-electron chi connectivity index (χ3n) is 4.23. The lowest BCUT2D eigenvalue weighted by atomic mass is 10.2. The van der Waals surface area contributed by atoms with Crippen molar-refractivity contribution in [3.05, 3.63) is 64.0 Å². The number of carbonyl (C=O) groups is 2. The van der Waals surface area contributed by atoms with Gasteiger partial charge in [-0.15, -0.1) is 0 Å². The zero-order chi connectivity index (χ0) is 19.4. The minimum absolute atomic E-state index is 0.0758. The van der Waals surface area contributed by atoms with Crippen LogP contribution < -0.4 is 10.6 Å². The van der Waals surface area contributed by atoms with Gasteiger partial charge >= 0.3 is 0 Å². The largest absolute Gasteiger partial charge is 0.351 e. The molecule has 140 valence electrons. The predicted octanol–water partition coefficient (Wildman–Crippen LogP) is 3.86. The van der Waals surface area contributed by atoms with Crippen molar-refractivity contribution in [1.82, 2.24) is 14.7 Å². The second-order valence-electron chi connectivity index (χ2n) is 6.35. The van der Waals surface area contributed by atoms with Crippen molar-refractivity contribution in [2.45, 2.75) is 26.7 Å². The number of fused-ring (bicyclic) bond motifs is 1. The SMILES string of the molecule is Cc1nc2c(C)cccn2c1C(=O)NCCCC(=O)Nc1ccc(Br)cc1.